The molecule has 0 saturated heterocycles. The lowest BCUT2D eigenvalue weighted by molar-refractivity contribution is 0.0927. The van der Waals surface area contributed by atoms with Gasteiger partial charge in [0.1, 0.15) is 0 Å². The molecule has 2 aromatic rings. The molecule has 1 aromatic heterocycles. The minimum atomic E-state index is -0.216. The number of aromatic nitrogens is 1. The van der Waals surface area contributed by atoms with Crippen LogP contribution >= 0.6 is 11.8 Å². The lowest BCUT2D eigenvalue weighted by atomic mass is 10.1. The lowest BCUT2D eigenvalue weighted by Crippen LogP contribution is -2.28. The fourth-order valence-corrected chi connectivity index (χ4v) is 3.17. The zero-order chi connectivity index (χ0) is 13.9. The van der Waals surface area contributed by atoms with E-state index in [2.05, 4.69) is 10.5 Å². The predicted molar refractivity (Wildman–Crippen MR) is 75.7 cm³/mol. The maximum absolute atomic E-state index is 12.1. The number of benzene rings is 1. The molecule has 0 radical (unpaired) electrons. The van der Waals surface area contributed by atoms with Crippen LogP contribution in [0.4, 0.5) is 0 Å². The van der Waals surface area contributed by atoms with Crippen LogP contribution < -0.4 is 5.32 Å². The van der Waals surface area contributed by atoms with E-state index in [1.165, 1.54) is 0 Å². The van der Waals surface area contributed by atoms with Crippen LogP contribution in [0.3, 0.4) is 0 Å². The Morgan fingerprint density at radius 3 is 3.20 bits per heavy atom. The highest BCUT2D eigenvalue weighted by Gasteiger charge is 2.27. The highest BCUT2D eigenvalue weighted by molar-refractivity contribution is 7.98. The number of amides is 1. The Labute approximate surface area is 120 Å². The van der Waals surface area contributed by atoms with Gasteiger partial charge in [0.05, 0.1) is 6.61 Å². The van der Waals surface area contributed by atoms with Crippen LogP contribution in [-0.2, 0) is 10.5 Å². The van der Waals surface area contributed by atoms with Gasteiger partial charge in [-0.15, -0.1) is 11.8 Å². The molecule has 0 unspecified atom stereocenters. The molecule has 1 aliphatic heterocycles. The van der Waals surface area contributed by atoms with Crippen molar-refractivity contribution < 1.29 is 14.1 Å². The Balaban J connectivity index is 1.88. The summed E-state index contributed by atoms with van der Waals surface area (Å²) in [6.07, 6.45) is 0. The molecule has 1 amide bonds. The average molecular weight is 290 g/mol. The molecule has 20 heavy (non-hydrogen) atoms. The van der Waals surface area contributed by atoms with Crippen molar-refractivity contribution >= 4 is 17.7 Å². The number of thioether (sulfide) groups is 1. The van der Waals surface area contributed by atoms with Crippen LogP contribution in [0.1, 0.15) is 16.1 Å². The Morgan fingerprint density at radius 2 is 2.35 bits per heavy atom. The van der Waals surface area contributed by atoms with Gasteiger partial charge in [-0.2, -0.15) is 0 Å². The minimum Gasteiger partial charge on any atom is -0.383 e. The largest absolute Gasteiger partial charge is 0.383 e. The van der Waals surface area contributed by atoms with E-state index < -0.39 is 0 Å². The van der Waals surface area contributed by atoms with E-state index >= 15 is 0 Å². The van der Waals surface area contributed by atoms with Crippen LogP contribution in [0.25, 0.3) is 11.3 Å². The summed E-state index contributed by atoms with van der Waals surface area (Å²) >= 11 is 1.69. The van der Waals surface area contributed by atoms with Gasteiger partial charge < -0.3 is 14.6 Å². The van der Waals surface area contributed by atoms with E-state index in [4.69, 9.17) is 9.26 Å². The second-order valence-corrected chi connectivity index (χ2v) is 5.39. The van der Waals surface area contributed by atoms with Gasteiger partial charge >= 0.3 is 0 Å². The van der Waals surface area contributed by atoms with Crippen molar-refractivity contribution in [3.8, 4) is 11.3 Å². The van der Waals surface area contributed by atoms with Gasteiger partial charge in [-0.3, -0.25) is 4.79 Å². The lowest BCUT2D eigenvalue weighted by Gasteiger charge is -2.13. The van der Waals surface area contributed by atoms with E-state index in [-0.39, 0.29) is 5.91 Å². The Hall–Kier alpha value is -1.79. The van der Waals surface area contributed by atoms with Crippen molar-refractivity contribution in [3.63, 3.8) is 0 Å². The number of nitrogens with zero attached hydrogens (tertiary/aromatic N) is 1. The van der Waals surface area contributed by atoms with Gasteiger partial charge in [0.2, 0.25) is 0 Å². The number of hydrogen-bond donors (Lipinski definition) is 1. The summed E-state index contributed by atoms with van der Waals surface area (Å²) in [4.78, 5) is 13.2. The first-order valence-corrected chi connectivity index (χ1v) is 7.27. The molecular formula is C14H14N2O3S. The van der Waals surface area contributed by atoms with Crippen molar-refractivity contribution in [3.05, 3.63) is 35.5 Å². The van der Waals surface area contributed by atoms with Crippen molar-refractivity contribution in [2.24, 2.45) is 0 Å². The van der Waals surface area contributed by atoms with Crippen LogP contribution in [0.15, 0.2) is 33.7 Å². The quantitative estimate of drug-likeness (QED) is 0.875. The van der Waals surface area contributed by atoms with Crippen LogP contribution in [0.5, 0.6) is 0 Å². The molecule has 0 spiro atoms. The topological polar surface area (TPSA) is 64.4 Å². The van der Waals surface area contributed by atoms with Crippen molar-refractivity contribution in [2.45, 2.75) is 10.6 Å². The number of fused-ring (bicyclic) bond motifs is 3. The van der Waals surface area contributed by atoms with E-state index in [0.29, 0.717) is 30.4 Å². The van der Waals surface area contributed by atoms with Gasteiger partial charge in [-0.1, -0.05) is 17.3 Å². The molecule has 0 aliphatic carbocycles. The number of nitrogens with one attached hydrogen (secondary N) is 1. The van der Waals surface area contributed by atoms with E-state index in [1.54, 1.807) is 18.9 Å². The molecule has 0 fully saturated rings. The summed E-state index contributed by atoms with van der Waals surface area (Å²) in [6, 6.07) is 7.98. The smallest absolute Gasteiger partial charge is 0.273 e. The second kappa shape index (κ2) is 5.68. The number of hydrogen-bond acceptors (Lipinski definition) is 5. The summed E-state index contributed by atoms with van der Waals surface area (Å²) in [5.74, 6) is 1.19. The molecule has 2 heterocycles. The third kappa shape index (κ3) is 2.32. The second-order valence-electron chi connectivity index (χ2n) is 4.37. The SMILES string of the molecule is COCCNC(=O)c1noc2c1CSc1ccccc1-2. The third-order valence-corrected chi connectivity index (χ3v) is 4.20. The van der Waals surface area contributed by atoms with Gasteiger partial charge in [0, 0.05) is 35.4 Å². The molecular weight excluding hydrogens is 276 g/mol. The molecule has 104 valence electrons. The third-order valence-electron chi connectivity index (χ3n) is 3.10. The standard InChI is InChI=1S/C14H14N2O3S/c1-18-7-6-15-14(17)12-10-8-20-11-5-3-2-4-9(11)13(10)19-16-12/h2-5H,6-8H2,1H3,(H,15,17). The van der Waals surface area contributed by atoms with E-state index in [9.17, 15) is 4.79 Å². The highest BCUT2D eigenvalue weighted by atomic mass is 32.2. The molecule has 0 atom stereocenters. The summed E-state index contributed by atoms with van der Waals surface area (Å²) in [5.41, 5.74) is 2.24. The summed E-state index contributed by atoms with van der Waals surface area (Å²) in [6.45, 7) is 0.935. The van der Waals surface area contributed by atoms with E-state index in [0.717, 1.165) is 16.0 Å². The zero-order valence-corrected chi connectivity index (χ0v) is 11.8. The maximum atomic E-state index is 12.1. The van der Waals surface area contributed by atoms with Gasteiger partial charge in [0.25, 0.3) is 5.91 Å². The van der Waals surface area contributed by atoms with Gasteiger partial charge in [-0.25, -0.2) is 0 Å². The first-order valence-electron chi connectivity index (χ1n) is 6.29. The monoisotopic (exact) mass is 290 g/mol. The number of ether oxygens (including phenoxy) is 1. The van der Waals surface area contributed by atoms with Crippen molar-refractivity contribution in [2.75, 3.05) is 20.3 Å². The number of methoxy groups -OCH3 is 1. The molecule has 0 saturated carbocycles. The zero-order valence-electron chi connectivity index (χ0n) is 11.0. The van der Waals surface area contributed by atoms with Crippen LogP contribution in [-0.4, -0.2) is 31.3 Å². The fourth-order valence-electron chi connectivity index (χ4n) is 2.11. The predicted octanol–water partition coefficient (Wildman–Crippen LogP) is 2.32. The number of carbonyl (C=O) groups is 1. The van der Waals surface area contributed by atoms with Crippen LogP contribution in [0.2, 0.25) is 0 Å². The van der Waals surface area contributed by atoms with Crippen molar-refractivity contribution in [1.29, 1.82) is 0 Å². The normalized spacial score (nSPS) is 12.7. The molecule has 6 heteroatoms. The Morgan fingerprint density at radius 1 is 1.50 bits per heavy atom. The minimum absolute atomic E-state index is 0.216. The Kier molecular flexibility index (Phi) is 3.75. The van der Waals surface area contributed by atoms with Gasteiger partial charge in [-0.05, 0) is 12.1 Å². The Bertz CT molecular complexity index is 639. The van der Waals surface area contributed by atoms with Crippen LogP contribution in [0, 0.1) is 0 Å². The molecule has 1 aliphatic rings. The molecule has 0 bridgehead atoms. The highest BCUT2D eigenvalue weighted by Crippen LogP contribution is 2.42. The molecule has 1 N–H and O–H groups in total. The number of carbonyl (C=O) groups excluding carboxylic acids is 1. The molecule has 3 rings (SSSR count). The first kappa shape index (κ1) is 13.2. The summed E-state index contributed by atoms with van der Waals surface area (Å²) in [7, 11) is 1.59. The maximum Gasteiger partial charge on any atom is 0.273 e. The fraction of sp³-hybridized carbons (Fsp3) is 0.286. The first-order chi connectivity index (χ1) is 9.81. The van der Waals surface area contributed by atoms with E-state index in [1.807, 2.05) is 24.3 Å². The van der Waals surface area contributed by atoms with Crippen molar-refractivity contribution in [1.82, 2.24) is 10.5 Å². The summed E-state index contributed by atoms with van der Waals surface area (Å²) in [5, 5.41) is 6.70. The average Bonchev–Trinajstić information content (AvgIpc) is 2.92. The molecule has 5 nitrogen and oxygen atoms in total. The molecule has 1 aromatic carbocycles. The number of rotatable bonds is 4. The van der Waals surface area contributed by atoms with Gasteiger partial charge in [0.15, 0.2) is 11.5 Å². The summed E-state index contributed by atoms with van der Waals surface area (Å²) < 4.78 is 10.3.